The van der Waals surface area contributed by atoms with Gasteiger partial charge in [-0.15, -0.1) is 11.3 Å². The SMILES string of the molecule is C[C@H](NCC1CCC(C)(C)O1)c1cccs1. The molecule has 90 valence electrons. The summed E-state index contributed by atoms with van der Waals surface area (Å²) in [6, 6.07) is 4.72. The molecular weight excluding hydrogens is 218 g/mol. The summed E-state index contributed by atoms with van der Waals surface area (Å²) in [6.07, 6.45) is 2.74. The van der Waals surface area contributed by atoms with Crippen molar-refractivity contribution in [2.45, 2.75) is 51.4 Å². The molecule has 0 saturated carbocycles. The van der Waals surface area contributed by atoms with E-state index in [-0.39, 0.29) is 5.60 Å². The maximum atomic E-state index is 5.96. The molecule has 2 rings (SSSR count). The van der Waals surface area contributed by atoms with Crippen molar-refractivity contribution in [2.24, 2.45) is 0 Å². The van der Waals surface area contributed by atoms with Crippen molar-refractivity contribution in [3.63, 3.8) is 0 Å². The van der Waals surface area contributed by atoms with Crippen molar-refractivity contribution >= 4 is 11.3 Å². The van der Waals surface area contributed by atoms with E-state index >= 15 is 0 Å². The molecule has 1 aliphatic heterocycles. The summed E-state index contributed by atoms with van der Waals surface area (Å²) in [5.41, 5.74) is 0.0819. The van der Waals surface area contributed by atoms with Gasteiger partial charge in [-0.3, -0.25) is 0 Å². The molecule has 1 N–H and O–H groups in total. The second kappa shape index (κ2) is 4.86. The van der Waals surface area contributed by atoms with Gasteiger partial charge in [0.1, 0.15) is 0 Å². The highest BCUT2D eigenvalue weighted by Gasteiger charge is 2.31. The Labute approximate surface area is 102 Å². The summed E-state index contributed by atoms with van der Waals surface area (Å²) in [7, 11) is 0. The molecule has 3 heteroatoms. The molecule has 0 spiro atoms. The van der Waals surface area contributed by atoms with Crippen LogP contribution in [0.5, 0.6) is 0 Å². The van der Waals surface area contributed by atoms with Crippen LogP contribution in [0.1, 0.15) is 44.5 Å². The minimum absolute atomic E-state index is 0.0819. The lowest BCUT2D eigenvalue weighted by Crippen LogP contribution is -2.30. The van der Waals surface area contributed by atoms with Crippen molar-refractivity contribution in [1.82, 2.24) is 5.32 Å². The predicted molar refractivity (Wildman–Crippen MR) is 68.9 cm³/mol. The summed E-state index contributed by atoms with van der Waals surface area (Å²) in [4.78, 5) is 1.40. The molecular formula is C13H21NOS. The Kier molecular flexibility index (Phi) is 3.67. The molecule has 0 amide bonds. The van der Waals surface area contributed by atoms with Gasteiger partial charge in [-0.2, -0.15) is 0 Å². The van der Waals surface area contributed by atoms with Crippen LogP contribution in [-0.2, 0) is 4.74 Å². The van der Waals surface area contributed by atoms with E-state index in [1.54, 1.807) is 0 Å². The van der Waals surface area contributed by atoms with E-state index in [0.29, 0.717) is 12.1 Å². The predicted octanol–water partition coefficient (Wildman–Crippen LogP) is 3.36. The number of ether oxygens (including phenoxy) is 1. The third kappa shape index (κ3) is 3.06. The maximum Gasteiger partial charge on any atom is 0.0708 e. The number of hydrogen-bond acceptors (Lipinski definition) is 3. The van der Waals surface area contributed by atoms with Crippen molar-refractivity contribution in [1.29, 1.82) is 0 Å². The lowest BCUT2D eigenvalue weighted by molar-refractivity contribution is -0.0149. The lowest BCUT2D eigenvalue weighted by Gasteiger charge is -2.21. The number of hydrogen-bond donors (Lipinski definition) is 1. The average molecular weight is 239 g/mol. The van der Waals surface area contributed by atoms with Crippen molar-refractivity contribution in [3.05, 3.63) is 22.4 Å². The van der Waals surface area contributed by atoms with E-state index in [9.17, 15) is 0 Å². The summed E-state index contributed by atoms with van der Waals surface area (Å²) < 4.78 is 5.96. The standard InChI is InChI=1S/C13H21NOS/c1-10(12-5-4-8-16-12)14-9-11-6-7-13(2,3)15-11/h4-5,8,10-11,14H,6-7,9H2,1-3H3/t10-,11?/m0/s1. The molecule has 0 aliphatic carbocycles. The van der Waals surface area contributed by atoms with Gasteiger partial charge in [0.25, 0.3) is 0 Å². The second-order valence-corrected chi connectivity index (χ2v) is 6.16. The Balaban J connectivity index is 1.76. The molecule has 0 aromatic carbocycles. The minimum Gasteiger partial charge on any atom is -0.371 e. The molecule has 1 fully saturated rings. The first kappa shape index (κ1) is 12.1. The summed E-state index contributed by atoms with van der Waals surface area (Å²) in [5, 5.41) is 5.68. The van der Waals surface area contributed by atoms with E-state index in [0.717, 1.165) is 6.54 Å². The number of thiophene rings is 1. The van der Waals surface area contributed by atoms with Crippen LogP contribution in [-0.4, -0.2) is 18.2 Å². The Morgan fingerprint density at radius 2 is 2.44 bits per heavy atom. The van der Waals surface area contributed by atoms with Crippen molar-refractivity contribution in [3.8, 4) is 0 Å². The molecule has 1 unspecified atom stereocenters. The van der Waals surface area contributed by atoms with Crippen molar-refractivity contribution < 1.29 is 4.74 Å². The Morgan fingerprint density at radius 1 is 1.62 bits per heavy atom. The lowest BCUT2D eigenvalue weighted by atomic mass is 10.1. The summed E-state index contributed by atoms with van der Waals surface area (Å²) in [5.74, 6) is 0. The molecule has 2 atom stereocenters. The fourth-order valence-corrected chi connectivity index (χ4v) is 2.93. The highest BCUT2D eigenvalue weighted by molar-refractivity contribution is 7.10. The normalized spacial score (nSPS) is 25.8. The van der Waals surface area contributed by atoms with Crippen LogP contribution in [0.2, 0.25) is 0 Å². The molecule has 0 radical (unpaired) electrons. The third-order valence-electron chi connectivity index (χ3n) is 3.18. The van der Waals surface area contributed by atoms with Gasteiger partial charge in [0, 0.05) is 17.5 Å². The monoisotopic (exact) mass is 239 g/mol. The fourth-order valence-electron chi connectivity index (χ4n) is 2.17. The smallest absolute Gasteiger partial charge is 0.0708 e. The molecule has 0 bridgehead atoms. The van der Waals surface area contributed by atoms with E-state index in [2.05, 4.69) is 43.6 Å². The molecule has 16 heavy (non-hydrogen) atoms. The Hall–Kier alpha value is -0.380. The van der Waals surface area contributed by atoms with Gasteiger partial charge in [0.2, 0.25) is 0 Å². The van der Waals surface area contributed by atoms with Gasteiger partial charge >= 0.3 is 0 Å². The highest BCUT2D eigenvalue weighted by atomic mass is 32.1. The van der Waals surface area contributed by atoms with Gasteiger partial charge in [-0.05, 0) is 45.1 Å². The zero-order chi connectivity index (χ0) is 11.6. The largest absolute Gasteiger partial charge is 0.371 e. The van der Waals surface area contributed by atoms with Gasteiger partial charge in [-0.1, -0.05) is 6.07 Å². The first-order valence-electron chi connectivity index (χ1n) is 6.01. The molecule has 1 aromatic heterocycles. The molecule has 1 aromatic rings. The zero-order valence-corrected chi connectivity index (χ0v) is 11.1. The van der Waals surface area contributed by atoms with Crippen LogP contribution in [0.4, 0.5) is 0 Å². The van der Waals surface area contributed by atoms with E-state index in [4.69, 9.17) is 4.74 Å². The van der Waals surface area contributed by atoms with E-state index in [1.807, 2.05) is 11.3 Å². The summed E-state index contributed by atoms with van der Waals surface area (Å²) >= 11 is 1.81. The molecule has 2 heterocycles. The van der Waals surface area contributed by atoms with E-state index in [1.165, 1.54) is 17.7 Å². The Morgan fingerprint density at radius 3 is 3.00 bits per heavy atom. The minimum atomic E-state index is 0.0819. The van der Waals surface area contributed by atoms with Crippen molar-refractivity contribution in [2.75, 3.05) is 6.54 Å². The van der Waals surface area contributed by atoms with Crippen LogP contribution in [0.25, 0.3) is 0 Å². The van der Waals surface area contributed by atoms with Gasteiger partial charge < -0.3 is 10.1 Å². The van der Waals surface area contributed by atoms with Gasteiger partial charge in [-0.25, -0.2) is 0 Å². The molecule has 1 saturated heterocycles. The topological polar surface area (TPSA) is 21.3 Å². The van der Waals surface area contributed by atoms with Gasteiger partial charge in [0.05, 0.1) is 11.7 Å². The fraction of sp³-hybridized carbons (Fsp3) is 0.692. The van der Waals surface area contributed by atoms with Crippen LogP contribution < -0.4 is 5.32 Å². The van der Waals surface area contributed by atoms with Gasteiger partial charge in [0.15, 0.2) is 0 Å². The second-order valence-electron chi connectivity index (χ2n) is 5.18. The molecule has 1 aliphatic rings. The van der Waals surface area contributed by atoms with Crippen LogP contribution in [0.15, 0.2) is 17.5 Å². The number of rotatable bonds is 4. The quantitative estimate of drug-likeness (QED) is 0.870. The average Bonchev–Trinajstić information content (AvgIpc) is 2.83. The Bertz CT molecular complexity index is 321. The van der Waals surface area contributed by atoms with Crippen LogP contribution in [0, 0.1) is 0 Å². The molecule has 2 nitrogen and oxygen atoms in total. The summed E-state index contributed by atoms with van der Waals surface area (Å²) in [6.45, 7) is 7.53. The van der Waals surface area contributed by atoms with Crippen LogP contribution in [0.3, 0.4) is 0 Å². The first-order valence-corrected chi connectivity index (χ1v) is 6.89. The van der Waals surface area contributed by atoms with Crippen LogP contribution >= 0.6 is 11.3 Å². The zero-order valence-electron chi connectivity index (χ0n) is 10.3. The highest BCUT2D eigenvalue weighted by Crippen LogP contribution is 2.29. The first-order chi connectivity index (χ1) is 7.57. The number of nitrogens with one attached hydrogen (secondary N) is 1. The maximum absolute atomic E-state index is 5.96. The van der Waals surface area contributed by atoms with E-state index < -0.39 is 0 Å². The third-order valence-corrected chi connectivity index (χ3v) is 4.23.